The average Bonchev–Trinajstić information content (AvgIpc) is 3.03. The lowest BCUT2D eigenvalue weighted by atomic mass is 10.1. The number of aryl methyl sites for hydroxylation is 1. The fourth-order valence-corrected chi connectivity index (χ4v) is 3.36. The third-order valence-corrected chi connectivity index (χ3v) is 4.82. The van der Waals surface area contributed by atoms with Crippen molar-refractivity contribution >= 4 is 28.5 Å². The first-order valence-corrected chi connectivity index (χ1v) is 9.70. The molecule has 2 aromatic carbocycles. The molecule has 0 aliphatic carbocycles. The Balaban J connectivity index is 1.99. The Morgan fingerprint density at radius 3 is 2.76 bits per heavy atom. The fourth-order valence-electron chi connectivity index (χ4n) is 3.20. The van der Waals surface area contributed by atoms with Gasteiger partial charge in [-0.25, -0.2) is 13.8 Å². The van der Waals surface area contributed by atoms with Crippen LogP contribution in [0, 0.1) is 11.6 Å². The van der Waals surface area contributed by atoms with Crippen molar-refractivity contribution in [2.45, 2.75) is 26.4 Å². The number of hydrogen-bond donors (Lipinski definition) is 0. The molecule has 29 heavy (non-hydrogen) atoms. The first-order chi connectivity index (χ1) is 13.9. The third kappa shape index (κ3) is 4.74. The summed E-state index contributed by atoms with van der Waals surface area (Å²) in [6.07, 6.45) is 0.857. The number of fused-ring (bicyclic) bond motifs is 1. The van der Waals surface area contributed by atoms with Crippen molar-refractivity contribution in [1.82, 2.24) is 14.5 Å². The number of carbonyl (C=O) groups excluding carboxylic acids is 1. The summed E-state index contributed by atoms with van der Waals surface area (Å²) in [7, 11) is 1.51. The van der Waals surface area contributed by atoms with Crippen LogP contribution < -0.4 is 0 Å². The van der Waals surface area contributed by atoms with Gasteiger partial charge in [0.25, 0.3) is 5.91 Å². The Kier molecular flexibility index (Phi) is 6.82. The highest BCUT2D eigenvalue weighted by molar-refractivity contribution is 6.31. The van der Waals surface area contributed by atoms with Crippen LogP contribution in [0.4, 0.5) is 8.78 Å². The van der Waals surface area contributed by atoms with Gasteiger partial charge in [-0.3, -0.25) is 4.79 Å². The van der Waals surface area contributed by atoms with E-state index in [-0.39, 0.29) is 25.3 Å². The van der Waals surface area contributed by atoms with Crippen LogP contribution in [-0.2, 0) is 17.8 Å². The van der Waals surface area contributed by atoms with Gasteiger partial charge in [0, 0.05) is 25.2 Å². The van der Waals surface area contributed by atoms with Gasteiger partial charge in [-0.05, 0) is 42.8 Å². The molecule has 0 aliphatic heterocycles. The summed E-state index contributed by atoms with van der Waals surface area (Å²) in [5.41, 5.74) is 1.31. The predicted molar refractivity (Wildman–Crippen MR) is 108 cm³/mol. The van der Waals surface area contributed by atoms with Crippen LogP contribution in [0.2, 0.25) is 5.02 Å². The van der Waals surface area contributed by atoms with Gasteiger partial charge in [-0.15, -0.1) is 0 Å². The van der Waals surface area contributed by atoms with Gasteiger partial charge in [-0.1, -0.05) is 18.5 Å². The zero-order chi connectivity index (χ0) is 21.0. The SMILES string of the molecule is CCCn1c(CN(CCOC)C(=O)c2cc(F)ccc2F)nc2ccc(Cl)cc21. The zero-order valence-corrected chi connectivity index (χ0v) is 17.0. The largest absolute Gasteiger partial charge is 0.383 e. The molecule has 0 bridgehead atoms. The first kappa shape index (κ1) is 21.2. The highest BCUT2D eigenvalue weighted by atomic mass is 35.5. The molecule has 0 saturated carbocycles. The number of methoxy groups -OCH3 is 1. The third-order valence-electron chi connectivity index (χ3n) is 4.58. The number of aromatic nitrogens is 2. The molecule has 0 fully saturated rings. The Bertz CT molecular complexity index is 1020. The molecule has 0 saturated heterocycles. The second-order valence-corrected chi connectivity index (χ2v) is 7.09. The molecule has 3 aromatic rings. The van der Waals surface area contributed by atoms with E-state index in [1.807, 2.05) is 23.6 Å². The number of ether oxygens (including phenoxy) is 1. The number of nitrogens with zero attached hydrogens (tertiary/aromatic N) is 3. The van der Waals surface area contributed by atoms with Gasteiger partial charge >= 0.3 is 0 Å². The Hall–Kier alpha value is -2.51. The van der Waals surface area contributed by atoms with E-state index in [1.165, 1.54) is 12.0 Å². The minimum Gasteiger partial charge on any atom is -0.383 e. The van der Waals surface area contributed by atoms with Crippen LogP contribution in [0.1, 0.15) is 29.5 Å². The lowest BCUT2D eigenvalue weighted by Crippen LogP contribution is -2.35. The number of amides is 1. The lowest BCUT2D eigenvalue weighted by molar-refractivity contribution is 0.0668. The quantitative estimate of drug-likeness (QED) is 0.531. The molecule has 0 radical (unpaired) electrons. The summed E-state index contributed by atoms with van der Waals surface area (Å²) < 4.78 is 34.9. The zero-order valence-electron chi connectivity index (χ0n) is 16.3. The van der Waals surface area contributed by atoms with Gasteiger partial charge in [0.15, 0.2) is 0 Å². The van der Waals surface area contributed by atoms with E-state index >= 15 is 0 Å². The maximum atomic E-state index is 14.2. The predicted octanol–water partition coefficient (Wildman–Crippen LogP) is 4.67. The van der Waals surface area contributed by atoms with E-state index in [0.717, 1.165) is 35.7 Å². The molecule has 0 aliphatic rings. The average molecular weight is 422 g/mol. The van der Waals surface area contributed by atoms with Crippen LogP contribution in [-0.4, -0.2) is 40.6 Å². The Morgan fingerprint density at radius 1 is 1.24 bits per heavy atom. The summed E-state index contributed by atoms with van der Waals surface area (Å²) in [6.45, 7) is 3.32. The standard InChI is InChI=1S/C21H22ClF2N3O2/c1-3-8-27-19-11-14(22)4-7-18(19)25-20(27)13-26(9-10-29-2)21(28)16-12-15(23)5-6-17(16)24/h4-7,11-12H,3,8-10,13H2,1-2H3. The van der Waals surface area contributed by atoms with E-state index in [2.05, 4.69) is 4.98 Å². The Labute approximate surface area is 172 Å². The van der Waals surface area contributed by atoms with Crippen molar-refractivity contribution < 1.29 is 18.3 Å². The van der Waals surface area contributed by atoms with E-state index in [4.69, 9.17) is 16.3 Å². The van der Waals surface area contributed by atoms with Crippen molar-refractivity contribution in [2.24, 2.45) is 0 Å². The summed E-state index contributed by atoms with van der Waals surface area (Å²) in [6, 6.07) is 8.25. The molecule has 0 atom stereocenters. The second kappa shape index (κ2) is 9.33. The summed E-state index contributed by atoms with van der Waals surface area (Å²) in [5, 5.41) is 0.593. The number of imidazole rings is 1. The monoisotopic (exact) mass is 421 g/mol. The van der Waals surface area contributed by atoms with E-state index < -0.39 is 17.5 Å². The fraction of sp³-hybridized carbons (Fsp3) is 0.333. The minimum absolute atomic E-state index is 0.129. The Morgan fingerprint density at radius 2 is 2.03 bits per heavy atom. The van der Waals surface area contributed by atoms with Crippen LogP contribution in [0.15, 0.2) is 36.4 Å². The number of rotatable bonds is 8. The first-order valence-electron chi connectivity index (χ1n) is 9.32. The van der Waals surface area contributed by atoms with Crippen LogP contribution in [0.25, 0.3) is 11.0 Å². The molecule has 1 aromatic heterocycles. The molecule has 0 unspecified atom stereocenters. The number of carbonyl (C=O) groups is 1. The molecule has 3 rings (SSSR count). The van der Waals surface area contributed by atoms with E-state index in [0.29, 0.717) is 17.4 Å². The van der Waals surface area contributed by atoms with Gasteiger partial charge < -0.3 is 14.2 Å². The molecule has 8 heteroatoms. The van der Waals surface area contributed by atoms with Crippen LogP contribution >= 0.6 is 11.6 Å². The highest BCUT2D eigenvalue weighted by Gasteiger charge is 2.23. The van der Waals surface area contributed by atoms with Gasteiger partial charge in [0.2, 0.25) is 0 Å². The van der Waals surface area contributed by atoms with Crippen LogP contribution in [0.5, 0.6) is 0 Å². The normalized spacial score (nSPS) is 11.2. The number of halogens is 3. The molecule has 0 N–H and O–H groups in total. The maximum absolute atomic E-state index is 14.2. The minimum atomic E-state index is -0.771. The van der Waals surface area contributed by atoms with Crippen molar-refractivity contribution in [3.8, 4) is 0 Å². The van der Waals surface area contributed by atoms with E-state index in [1.54, 1.807) is 6.07 Å². The van der Waals surface area contributed by atoms with Crippen molar-refractivity contribution in [3.05, 3.63) is 64.4 Å². The summed E-state index contributed by atoms with van der Waals surface area (Å²) >= 11 is 6.14. The maximum Gasteiger partial charge on any atom is 0.257 e. The molecule has 5 nitrogen and oxygen atoms in total. The smallest absolute Gasteiger partial charge is 0.257 e. The van der Waals surface area contributed by atoms with E-state index in [9.17, 15) is 13.6 Å². The topological polar surface area (TPSA) is 47.4 Å². The molecular weight excluding hydrogens is 400 g/mol. The van der Waals surface area contributed by atoms with Crippen molar-refractivity contribution in [3.63, 3.8) is 0 Å². The lowest BCUT2D eigenvalue weighted by Gasteiger charge is -2.23. The molecular formula is C21H22ClF2N3O2. The van der Waals surface area contributed by atoms with Crippen molar-refractivity contribution in [1.29, 1.82) is 0 Å². The highest BCUT2D eigenvalue weighted by Crippen LogP contribution is 2.23. The summed E-state index contributed by atoms with van der Waals surface area (Å²) in [4.78, 5) is 19.0. The molecule has 1 amide bonds. The van der Waals surface area contributed by atoms with Gasteiger partial charge in [-0.2, -0.15) is 0 Å². The molecule has 1 heterocycles. The second-order valence-electron chi connectivity index (χ2n) is 6.66. The van der Waals surface area contributed by atoms with Gasteiger partial charge in [0.05, 0.1) is 29.7 Å². The number of benzene rings is 2. The van der Waals surface area contributed by atoms with Crippen LogP contribution in [0.3, 0.4) is 0 Å². The number of hydrogen-bond acceptors (Lipinski definition) is 3. The van der Waals surface area contributed by atoms with Gasteiger partial charge in [0.1, 0.15) is 17.5 Å². The summed E-state index contributed by atoms with van der Waals surface area (Å²) in [5.74, 6) is -1.42. The molecule has 154 valence electrons. The van der Waals surface area contributed by atoms with Crippen molar-refractivity contribution in [2.75, 3.05) is 20.3 Å². The molecule has 0 spiro atoms.